The molecule has 1 aromatic heterocycles. The fraction of sp³-hybridized carbons (Fsp3) is 0.643. The lowest BCUT2D eigenvalue weighted by atomic mass is 9.94. The molecule has 1 aliphatic carbocycles. The van der Waals surface area contributed by atoms with Crippen molar-refractivity contribution in [3.05, 3.63) is 11.9 Å². The standard InChI is InChI=1S/C14H22N4O/c1-9(2)15-13-8-14(17-10(3)16-13)18-11-4-6-12(19)7-5-11/h8-9,11H,4-7H2,1-3H3,(H2,15,16,17,18). The van der Waals surface area contributed by atoms with E-state index in [1.54, 1.807) is 0 Å². The summed E-state index contributed by atoms with van der Waals surface area (Å²) in [4.78, 5) is 20.0. The molecule has 19 heavy (non-hydrogen) atoms. The number of anilines is 2. The van der Waals surface area contributed by atoms with Crippen molar-refractivity contribution in [2.24, 2.45) is 0 Å². The van der Waals surface area contributed by atoms with Crippen molar-refractivity contribution in [3.8, 4) is 0 Å². The number of rotatable bonds is 4. The van der Waals surface area contributed by atoms with Gasteiger partial charge in [-0.15, -0.1) is 0 Å². The molecule has 0 radical (unpaired) electrons. The van der Waals surface area contributed by atoms with E-state index in [4.69, 9.17) is 0 Å². The van der Waals surface area contributed by atoms with Gasteiger partial charge >= 0.3 is 0 Å². The lowest BCUT2D eigenvalue weighted by Crippen LogP contribution is -2.26. The molecule has 5 nitrogen and oxygen atoms in total. The van der Waals surface area contributed by atoms with Gasteiger partial charge in [0.15, 0.2) is 0 Å². The quantitative estimate of drug-likeness (QED) is 0.872. The van der Waals surface area contributed by atoms with Gasteiger partial charge in [0.2, 0.25) is 0 Å². The van der Waals surface area contributed by atoms with Gasteiger partial charge in [-0.1, -0.05) is 0 Å². The first-order valence-corrected chi connectivity index (χ1v) is 6.93. The maximum absolute atomic E-state index is 11.2. The number of ketones is 1. The number of carbonyl (C=O) groups excluding carboxylic acids is 1. The van der Waals surface area contributed by atoms with Crippen LogP contribution in [0.1, 0.15) is 45.4 Å². The van der Waals surface area contributed by atoms with Crippen molar-refractivity contribution >= 4 is 17.4 Å². The molecule has 0 aromatic carbocycles. The van der Waals surface area contributed by atoms with Gasteiger partial charge in [-0.2, -0.15) is 0 Å². The molecular formula is C14H22N4O. The maximum atomic E-state index is 11.2. The highest BCUT2D eigenvalue weighted by molar-refractivity contribution is 5.79. The topological polar surface area (TPSA) is 66.9 Å². The first-order chi connectivity index (χ1) is 9.02. The van der Waals surface area contributed by atoms with Crippen LogP contribution < -0.4 is 10.6 Å². The van der Waals surface area contributed by atoms with Crippen molar-refractivity contribution in [1.82, 2.24) is 9.97 Å². The van der Waals surface area contributed by atoms with Crippen molar-refractivity contribution in [3.63, 3.8) is 0 Å². The molecule has 1 fully saturated rings. The summed E-state index contributed by atoms with van der Waals surface area (Å²) in [5, 5.41) is 6.70. The van der Waals surface area contributed by atoms with Crippen LogP contribution in [0.3, 0.4) is 0 Å². The first-order valence-electron chi connectivity index (χ1n) is 6.93. The van der Waals surface area contributed by atoms with Gasteiger partial charge in [-0.3, -0.25) is 4.79 Å². The van der Waals surface area contributed by atoms with Gasteiger partial charge in [0.25, 0.3) is 0 Å². The van der Waals surface area contributed by atoms with Crippen LogP contribution >= 0.6 is 0 Å². The van der Waals surface area contributed by atoms with Gasteiger partial charge in [0.05, 0.1) is 0 Å². The average Bonchev–Trinajstić information content (AvgIpc) is 2.30. The van der Waals surface area contributed by atoms with Crippen LogP contribution in [0.15, 0.2) is 6.07 Å². The molecule has 2 N–H and O–H groups in total. The van der Waals surface area contributed by atoms with E-state index in [1.165, 1.54) is 0 Å². The fourth-order valence-electron chi connectivity index (χ4n) is 2.30. The second-order valence-electron chi connectivity index (χ2n) is 5.44. The molecule has 2 rings (SSSR count). The molecule has 0 aliphatic heterocycles. The highest BCUT2D eigenvalue weighted by Crippen LogP contribution is 2.20. The minimum atomic E-state index is 0.342. The number of carbonyl (C=O) groups is 1. The summed E-state index contributed by atoms with van der Waals surface area (Å²) >= 11 is 0. The molecule has 1 aliphatic rings. The average molecular weight is 262 g/mol. The summed E-state index contributed by atoms with van der Waals surface area (Å²) in [5.41, 5.74) is 0. The van der Waals surface area contributed by atoms with E-state index >= 15 is 0 Å². The van der Waals surface area contributed by atoms with Gasteiger partial charge in [-0.25, -0.2) is 9.97 Å². The van der Waals surface area contributed by atoms with E-state index in [1.807, 2.05) is 13.0 Å². The van der Waals surface area contributed by atoms with E-state index in [-0.39, 0.29) is 0 Å². The molecular weight excluding hydrogens is 240 g/mol. The third-order valence-corrected chi connectivity index (χ3v) is 3.17. The van der Waals surface area contributed by atoms with Crippen LogP contribution in [-0.2, 0) is 4.79 Å². The Bertz CT molecular complexity index is 449. The molecule has 0 saturated heterocycles. The Kier molecular flexibility index (Phi) is 4.35. The van der Waals surface area contributed by atoms with Crippen molar-refractivity contribution < 1.29 is 4.79 Å². The SMILES string of the molecule is Cc1nc(NC(C)C)cc(NC2CCC(=O)CC2)n1. The van der Waals surface area contributed by atoms with E-state index < -0.39 is 0 Å². The molecule has 0 amide bonds. The van der Waals surface area contributed by atoms with Crippen LogP contribution in [0.2, 0.25) is 0 Å². The largest absolute Gasteiger partial charge is 0.368 e. The van der Waals surface area contributed by atoms with Gasteiger partial charge in [0.1, 0.15) is 23.2 Å². The number of Topliss-reactive ketones (excluding diaryl/α,β-unsaturated/α-hetero) is 1. The lowest BCUT2D eigenvalue weighted by Gasteiger charge is -2.23. The number of nitrogens with one attached hydrogen (secondary N) is 2. The number of hydrogen-bond acceptors (Lipinski definition) is 5. The third kappa shape index (κ3) is 4.19. The van der Waals surface area contributed by atoms with E-state index in [0.717, 1.165) is 30.3 Å². The Morgan fingerprint density at radius 1 is 1.21 bits per heavy atom. The summed E-state index contributed by atoms with van der Waals surface area (Å²) in [6.07, 6.45) is 3.15. The van der Waals surface area contributed by atoms with Gasteiger partial charge in [-0.05, 0) is 33.6 Å². The molecule has 0 atom stereocenters. The second kappa shape index (κ2) is 5.99. The summed E-state index contributed by atoms with van der Waals surface area (Å²) in [5.74, 6) is 2.81. The first kappa shape index (κ1) is 13.8. The number of aromatic nitrogens is 2. The zero-order valence-electron chi connectivity index (χ0n) is 11.9. The number of hydrogen-bond donors (Lipinski definition) is 2. The highest BCUT2D eigenvalue weighted by atomic mass is 16.1. The molecule has 1 aromatic rings. The van der Waals surface area contributed by atoms with E-state index in [2.05, 4.69) is 34.4 Å². The van der Waals surface area contributed by atoms with Crippen LogP contribution in [0.4, 0.5) is 11.6 Å². The monoisotopic (exact) mass is 262 g/mol. The van der Waals surface area contributed by atoms with Crippen LogP contribution in [-0.4, -0.2) is 27.8 Å². The highest BCUT2D eigenvalue weighted by Gasteiger charge is 2.19. The Morgan fingerprint density at radius 2 is 1.84 bits per heavy atom. The van der Waals surface area contributed by atoms with Crippen molar-refractivity contribution in [1.29, 1.82) is 0 Å². The predicted octanol–water partition coefficient (Wildman–Crippen LogP) is 2.53. The minimum Gasteiger partial charge on any atom is -0.368 e. The second-order valence-corrected chi connectivity index (χ2v) is 5.44. The summed E-state index contributed by atoms with van der Waals surface area (Å²) in [7, 11) is 0. The van der Waals surface area contributed by atoms with Gasteiger partial charge < -0.3 is 10.6 Å². The normalized spacial score (nSPS) is 16.7. The summed E-state index contributed by atoms with van der Waals surface area (Å²) in [6.45, 7) is 6.05. The lowest BCUT2D eigenvalue weighted by molar-refractivity contribution is -0.120. The molecule has 0 spiro atoms. The van der Waals surface area contributed by atoms with Crippen molar-refractivity contribution in [2.75, 3.05) is 10.6 Å². The maximum Gasteiger partial charge on any atom is 0.133 e. The zero-order valence-corrected chi connectivity index (χ0v) is 11.9. The minimum absolute atomic E-state index is 0.342. The predicted molar refractivity (Wildman–Crippen MR) is 76.4 cm³/mol. The zero-order chi connectivity index (χ0) is 13.8. The summed E-state index contributed by atoms with van der Waals surface area (Å²) < 4.78 is 0. The Labute approximate surface area is 114 Å². The number of aryl methyl sites for hydroxylation is 1. The molecule has 0 unspecified atom stereocenters. The smallest absolute Gasteiger partial charge is 0.133 e. The Hall–Kier alpha value is -1.65. The van der Waals surface area contributed by atoms with Crippen molar-refractivity contribution in [2.45, 2.75) is 58.5 Å². The number of nitrogens with zero attached hydrogens (tertiary/aromatic N) is 2. The van der Waals surface area contributed by atoms with E-state index in [0.29, 0.717) is 30.7 Å². The molecule has 1 saturated carbocycles. The van der Waals surface area contributed by atoms with Crippen LogP contribution in [0.5, 0.6) is 0 Å². The molecule has 0 bridgehead atoms. The Balaban J connectivity index is 2.03. The molecule has 5 heteroatoms. The summed E-state index contributed by atoms with van der Waals surface area (Å²) in [6, 6.07) is 2.62. The fourth-order valence-corrected chi connectivity index (χ4v) is 2.30. The van der Waals surface area contributed by atoms with Crippen LogP contribution in [0, 0.1) is 6.92 Å². The molecule has 104 valence electrons. The Morgan fingerprint density at radius 3 is 2.47 bits per heavy atom. The van der Waals surface area contributed by atoms with Gasteiger partial charge in [0, 0.05) is 31.0 Å². The third-order valence-electron chi connectivity index (χ3n) is 3.17. The van der Waals surface area contributed by atoms with E-state index in [9.17, 15) is 4.79 Å². The van der Waals surface area contributed by atoms with Crippen LogP contribution in [0.25, 0.3) is 0 Å². The molecule has 1 heterocycles.